The van der Waals surface area contributed by atoms with Crippen LogP contribution in [0.25, 0.3) is 11.5 Å². The number of halogens is 2. The molecular weight excluding hydrogens is 432 g/mol. The van der Waals surface area contributed by atoms with Crippen LogP contribution in [0.15, 0.2) is 46.9 Å². The minimum absolute atomic E-state index is 0.0351. The second-order valence-electron chi connectivity index (χ2n) is 8.02. The van der Waals surface area contributed by atoms with Crippen LogP contribution in [0.1, 0.15) is 33.8 Å². The van der Waals surface area contributed by atoms with Gasteiger partial charge in [0.05, 0.1) is 19.8 Å². The lowest BCUT2D eigenvalue weighted by Crippen LogP contribution is -2.40. The number of rotatable bonds is 6. The smallest absolute Gasteiger partial charge is 0.314 e. The number of benzene rings is 2. The molecule has 0 N–H and O–H groups in total. The van der Waals surface area contributed by atoms with E-state index in [1.165, 1.54) is 0 Å². The van der Waals surface area contributed by atoms with Gasteiger partial charge in [-0.1, -0.05) is 24.3 Å². The van der Waals surface area contributed by atoms with Crippen molar-refractivity contribution >= 4 is 11.6 Å². The molecule has 0 atom stereocenters. The van der Waals surface area contributed by atoms with E-state index in [0.29, 0.717) is 37.4 Å². The van der Waals surface area contributed by atoms with E-state index in [9.17, 15) is 13.6 Å². The van der Waals surface area contributed by atoms with Gasteiger partial charge in [0.15, 0.2) is 0 Å². The first kappa shape index (κ1) is 21.5. The van der Waals surface area contributed by atoms with Gasteiger partial charge in [-0.15, -0.1) is 10.2 Å². The molecule has 8 nitrogen and oxygen atoms in total. The molecule has 2 aromatic carbocycles. The van der Waals surface area contributed by atoms with E-state index in [1.807, 2.05) is 24.2 Å². The van der Waals surface area contributed by atoms with Crippen molar-refractivity contribution in [3.8, 4) is 11.5 Å². The maximum absolute atomic E-state index is 13.2. The van der Waals surface area contributed by atoms with Crippen molar-refractivity contribution in [3.63, 3.8) is 0 Å². The maximum atomic E-state index is 13.2. The first-order valence-corrected chi connectivity index (χ1v) is 10.7. The number of nitrogens with zero attached hydrogens (tertiary/aromatic N) is 5. The first-order chi connectivity index (χ1) is 16.0. The Morgan fingerprint density at radius 2 is 1.91 bits per heavy atom. The molecule has 0 radical (unpaired) electrons. The van der Waals surface area contributed by atoms with Gasteiger partial charge < -0.3 is 14.1 Å². The topological polar surface area (TPSA) is 74.9 Å². The molecule has 5 rings (SSSR count). The monoisotopic (exact) mass is 455 g/mol. The zero-order chi connectivity index (χ0) is 22.9. The van der Waals surface area contributed by atoms with E-state index in [2.05, 4.69) is 27.2 Å². The molecule has 1 fully saturated rings. The molecule has 0 saturated carbocycles. The highest BCUT2D eigenvalue weighted by Gasteiger charge is 2.31. The lowest BCUT2D eigenvalue weighted by Gasteiger charge is -2.33. The highest BCUT2D eigenvalue weighted by molar-refractivity contribution is 5.99. The number of alkyl halides is 2. The van der Waals surface area contributed by atoms with Gasteiger partial charge in [0.25, 0.3) is 11.8 Å². The molecule has 1 saturated heterocycles. The summed E-state index contributed by atoms with van der Waals surface area (Å²) in [4.78, 5) is 15.5. The summed E-state index contributed by atoms with van der Waals surface area (Å²) in [5.74, 6) is -0.934. The van der Waals surface area contributed by atoms with Crippen LogP contribution in [0.5, 0.6) is 0 Å². The summed E-state index contributed by atoms with van der Waals surface area (Å²) in [6.45, 7) is 4.05. The molecule has 33 heavy (non-hydrogen) atoms. The van der Waals surface area contributed by atoms with Gasteiger partial charge in [-0.05, 0) is 29.3 Å². The number of para-hydroxylation sites is 1. The Bertz CT molecular complexity index is 1160. The molecule has 10 heteroatoms. The normalized spacial score (nSPS) is 16.2. The Labute approximate surface area is 189 Å². The number of morpholine rings is 1. The van der Waals surface area contributed by atoms with Gasteiger partial charge >= 0.3 is 6.43 Å². The Kier molecular flexibility index (Phi) is 5.77. The number of amides is 1. The molecule has 0 spiro atoms. The van der Waals surface area contributed by atoms with E-state index >= 15 is 0 Å². The van der Waals surface area contributed by atoms with Gasteiger partial charge in [-0.25, -0.2) is 5.01 Å². The molecular formula is C23H23F2N5O3. The van der Waals surface area contributed by atoms with E-state index < -0.39 is 12.3 Å². The van der Waals surface area contributed by atoms with E-state index in [-0.39, 0.29) is 11.8 Å². The molecule has 2 aliphatic heterocycles. The number of fused-ring (bicyclic) bond motifs is 1. The van der Waals surface area contributed by atoms with Gasteiger partial charge in [-0.2, -0.15) is 8.78 Å². The SMILES string of the molecule is CN(Cc1ccccc1N1CCOCC1)N1Cc2ccc(-c3nnc(C(F)F)o3)cc2C1=O. The Morgan fingerprint density at radius 3 is 2.67 bits per heavy atom. The summed E-state index contributed by atoms with van der Waals surface area (Å²) < 4.78 is 36.0. The molecule has 2 aliphatic rings. The Morgan fingerprint density at radius 1 is 1.12 bits per heavy atom. The molecule has 0 bridgehead atoms. The molecule has 1 aromatic heterocycles. The number of aromatic nitrogens is 2. The highest BCUT2D eigenvalue weighted by atomic mass is 19.3. The molecule has 3 heterocycles. The number of hydrogen-bond donors (Lipinski definition) is 0. The van der Waals surface area contributed by atoms with Crippen LogP contribution in [0.2, 0.25) is 0 Å². The van der Waals surface area contributed by atoms with Crippen molar-refractivity contribution in [3.05, 3.63) is 65.0 Å². The summed E-state index contributed by atoms with van der Waals surface area (Å²) in [6.07, 6.45) is -2.84. The van der Waals surface area contributed by atoms with Crippen LogP contribution in [0.4, 0.5) is 14.5 Å². The largest absolute Gasteiger partial charge is 0.415 e. The number of carbonyl (C=O) groups excluding carboxylic acids is 1. The van der Waals surface area contributed by atoms with Crippen molar-refractivity contribution in [2.75, 3.05) is 38.3 Å². The van der Waals surface area contributed by atoms with Crippen LogP contribution in [-0.2, 0) is 17.8 Å². The lowest BCUT2D eigenvalue weighted by molar-refractivity contribution is 0.00276. The Balaban J connectivity index is 1.34. The zero-order valence-electron chi connectivity index (χ0n) is 18.1. The number of hydrazine groups is 1. The third-order valence-corrected chi connectivity index (χ3v) is 5.92. The number of ether oxygens (including phenoxy) is 1. The van der Waals surface area contributed by atoms with Crippen molar-refractivity contribution in [2.45, 2.75) is 19.5 Å². The van der Waals surface area contributed by atoms with E-state index in [4.69, 9.17) is 9.15 Å². The fourth-order valence-corrected chi connectivity index (χ4v) is 4.22. The quantitative estimate of drug-likeness (QED) is 0.563. The first-order valence-electron chi connectivity index (χ1n) is 10.7. The predicted octanol–water partition coefficient (Wildman–Crippen LogP) is 3.51. The van der Waals surface area contributed by atoms with Crippen molar-refractivity contribution in [1.82, 2.24) is 20.2 Å². The highest BCUT2D eigenvalue weighted by Crippen LogP contribution is 2.31. The molecule has 172 valence electrons. The van der Waals surface area contributed by atoms with Gasteiger partial charge in [0, 0.05) is 43.5 Å². The van der Waals surface area contributed by atoms with Crippen LogP contribution in [0, 0.1) is 0 Å². The molecule has 0 unspecified atom stereocenters. The van der Waals surface area contributed by atoms with Gasteiger partial charge in [0.1, 0.15) is 0 Å². The van der Waals surface area contributed by atoms with Crippen LogP contribution in [-0.4, -0.2) is 59.5 Å². The summed E-state index contributed by atoms with van der Waals surface area (Å²) >= 11 is 0. The second kappa shape index (κ2) is 8.87. The van der Waals surface area contributed by atoms with Gasteiger partial charge in [-0.3, -0.25) is 9.80 Å². The van der Waals surface area contributed by atoms with E-state index in [1.54, 1.807) is 23.2 Å². The summed E-state index contributed by atoms with van der Waals surface area (Å²) in [5.41, 5.74) is 4.05. The fourth-order valence-electron chi connectivity index (χ4n) is 4.22. The van der Waals surface area contributed by atoms with E-state index in [0.717, 1.165) is 29.9 Å². The third-order valence-electron chi connectivity index (χ3n) is 5.92. The number of carbonyl (C=O) groups is 1. The van der Waals surface area contributed by atoms with Crippen LogP contribution in [0.3, 0.4) is 0 Å². The third kappa shape index (κ3) is 4.19. The van der Waals surface area contributed by atoms with Crippen molar-refractivity contribution in [1.29, 1.82) is 0 Å². The van der Waals surface area contributed by atoms with Gasteiger partial charge in [0.2, 0.25) is 5.89 Å². The minimum Gasteiger partial charge on any atom is -0.415 e. The summed E-state index contributed by atoms with van der Waals surface area (Å²) in [6, 6.07) is 13.3. The standard InChI is InChI=1S/C23H23F2N5O3/c1-28(13-17-4-2-3-5-19(17)29-8-10-32-11-9-29)30-14-16-7-6-15(12-18(16)23(30)31)21-26-27-22(33-21)20(24)25/h2-7,12,20H,8-11,13-14H2,1H3. The van der Waals surface area contributed by atoms with Crippen LogP contribution >= 0.6 is 0 Å². The number of anilines is 1. The average Bonchev–Trinajstić information content (AvgIpc) is 3.45. The predicted molar refractivity (Wildman–Crippen MR) is 116 cm³/mol. The van der Waals surface area contributed by atoms with Crippen LogP contribution < -0.4 is 4.90 Å². The minimum atomic E-state index is -2.84. The maximum Gasteiger partial charge on any atom is 0.314 e. The molecule has 3 aromatic rings. The zero-order valence-corrected chi connectivity index (χ0v) is 18.1. The molecule has 1 amide bonds. The lowest BCUT2D eigenvalue weighted by atomic mass is 10.1. The molecule has 0 aliphatic carbocycles. The Hall–Kier alpha value is -3.37. The van der Waals surface area contributed by atoms with Crippen molar-refractivity contribution < 1.29 is 22.7 Å². The second-order valence-corrected chi connectivity index (χ2v) is 8.02. The average molecular weight is 455 g/mol. The summed E-state index contributed by atoms with van der Waals surface area (Å²) in [7, 11) is 1.88. The number of hydrogen-bond acceptors (Lipinski definition) is 7. The summed E-state index contributed by atoms with van der Waals surface area (Å²) in [5, 5.41) is 10.6. The van der Waals surface area contributed by atoms with Crippen molar-refractivity contribution in [2.24, 2.45) is 0 Å². The fraction of sp³-hybridized carbons (Fsp3) is 0.348.